The van der Waals surface area contributed by atoms with E-state index in [0.29, 0.717) is 23.6 Å². The summed E-state index contributed by atoms with van der Waals surface area (Å²) in [6, 6.07) is 10.3. The summed E-state index contributed by atoms with van der Waals surface area (Å²) in [7, 11) is 1.69. The van der Waals surface area contributed by atoms with Gasteiger partial charge in [0.2, 0.25) is 0 Å². The molecule has 0 atom stereocenters. The van der Waals surface area contributed by atoms with Gasteiger partial charge < -0.3 is 20.3 Å². The maximum Gasteiger partial charge on any atom is 0.257 e. The Kier molecular flexibility index (Phi) is 5.76. The van der Waals surface area contributed by atoms with Crippen LogP contribution in [-0.4, -0.2) is 26.3 Å². The van der Waals surface area contributed by atoms with Gasteiger partial charge in [-0.2, -0.15) is 0 Å². The number of nitrogens with zero attached hydrogens (tertiary/aromatic N) is 1. The molecule has 1 aliphatic rings. The second kappa shape index (κ2) is 8.22. The maximum atomic E-state index is 13.3. The summed E-state index contributed by atoms with van der Waals surface area (Å²) in [4.78, 5) is 14.3. The van der Waals surface area contributed by atoms with E-state index in [2.05, 4.69) is 22.5 Å². The van der Waals surface area contributed by atoms with E-state index in [1.807, 2.05) is 25.1 Å². The number of nitrogens with one attached hydrogen (secondary N) is 2. The summed E-state index contributed by atoms with van der Waals surface area (Å²) in [5.74, 6) is -0.618. The quantitative estimate of drug-likeness (QED) is 0.562. The summed E-state index contributed by atoms with van der Waals surface area (Å²) in [6.07, 6.45) is 2.69. The molecule has 6 heteroatoms. The first-order valence-electron chi connectivity index (χ1n) is 8.96. The minimum absolute atomic E-state index is 0.245. The molecule has 2 N–H and O–H groups in total. The third kappa shape index (κ3) is 4.11. The van der Waals surface area contributed by atoms with Crippen LogP contribution < -0.4 is 15.5 Å². The molecular weight excluding hydrogens is 345 g/mol. The maximum absolute atomic E-state index is 13.3. The van der Waals surface area contributed by atoms with Crippen LogP contribution in [0.25, 0.3) is 5.57 Å². The summed E-state index contributed by atoms with van der Waals surface area (Å²) >= 11 is 0. The van der Waals surface area contributed by atoms with Crippen LogP contribution >= 0.6 is 0 Å². The highest BCUT2D eigenvalue weighted by Crippen LogP contribution is 2.32. The number of hydrogen-bond acceptors (Lipinski definition) is 4. The van der Waals surface area contributed by atoms with E-state index in [0.717, 1.165) is 29.9 Å². The van der Waals surface area contributed by atoms with E-state index in [4.69, 9.17) is 4.74 Å². The highest BCUT2D eigenvalue weighted by Gasteiger charge is 2.24. The summed E-state index contributed by atoms with van der Waals surface area (Å²) < 4.78 is 18.6. The zero-order chi connectivity index (χ0) is 19.4. The first-order chi connectivity index (χ1) is 13.0. The SMILES string of the molecule is CCCN(COC)c1ccc(N/C=C2/C(=O)Nc3cc(F)ccc32)cc1C. The molecule has 0 saturated heterocycles. The molecule has 0 bridgehead atoms. The predicted octanol–water partition coefficient (Wildman–Crippen LogP) is 4.36. The van der Waals surface area contributed by atoms with Crippen molar-refractivity contribution in [3.8, 4) is 0 Å². The number of carbonyl (C=O) groups excluding carboxylic acids is 1. The molecule has 0 aromatic heterocycles. The molecule has 5 nitrogen and oxygen atoms in total. The lowest BCUT2D eigenvalue weighted by molar-refractivity contribution is -0.110. The number of carbonyl (C=O) groups is 1. The lowest BCUT2D eigenvalue weighted by Gasteiger charge is -2.25. The van der Waals surface area contributed by atoms with Gasteiger partial charge >= 0.3 is 0 Å². The van der Waals surface area contributed by atoms with Gasteiger partial charge in [-0.15, -0.1) is 0 Å². The van der Waals surface area contributed by atoms with Gasteiger partial charge in [0.25, 0.3) is 5.91 Å². The van der Waals surface area contributed by atoms with Crippen LogP contribution in [0.2, 0.25) is 0 Å². The van der Waals surface area contributed by atoms with Crippen molar-refractivity contribution >= 4 is 28.5 Å². The summed E-state index contributed by atoms with van der Waals surface area (Å²) in [5.41, 5.74) is 4.78. The topological polar surface area (TPSA) is 53.6 Å². The van der Waals surface area contributed by atoms with Crippen molar-refractivity contribution in [2.45, 2.75) is 20.3 Å². The van der Waals surface area contributed by atoms with E-state index in [1.54, 1.807) is 19.4 Å². The second-order valence-electron chi connectivity index (χ2n) is 6.53. The van der Waals surface area contributed by atoms with Gasteiger partial charge in [-0.3, -0.25) is 4.79 Å². The molecule has 0 unspecified atom stereocenters. The molecule has 0 spiro atoms. The number of rotatable bonds is 7. The van der Waals surface area contributed by atoms with E-state index < -0.39 is 0 Å². The van der Waals surface area contributed by atoms with Crippen LogP contribution in [0.3, 0.4) is 0 Å². The minimum atomic E-state index is -0.373. The predicted molar refractivity (Wildman–Crippen MR) is 107 cm³/mol. The second-order valence-corrected chi connectivity index (χ2v) is 6.53. The molecule has 2 aromatic carbocycles. The number of hydrogen-bond donors (Lipinski definition) is 2. The fourth-order valence-corrected chi connectivity index (χ4v) is 3.25. The summed E-state index contributed by atoms with van der Waals surface area (Å²) in [5, 5.41) is 5.86. The zero-order valence-corrected chi connectivity index (χ0v) is 15.8. The van der Waals surface area contributed by atoms with Crippen molar-refractivity contribution in [1.29, 1.82) is 0 Å². The monoisotopic (exact) mass is 369 g/mol. The normalized spacial score (nSPS) is 14.2. The molecule has 142 valence electrons. The number of aryl methyl sites for hydroxylation is 1. The van der Waals surface area contributed by atoms with Gasteiger partial charge in [0.15, 0.2) is 0 Å². The Morgan fingerprint density at radius 2 is 2.07 bits per heavy atom. The number of ether oxygens (including phenoxy) is 1. The van der Waals surface area contributed by atoms with Crippen LogP contribution in [0.1, 0.15) is 24.5 Å². The number of benzene rings is 2. The van der Waals surface area contributed by atoms with Gasteiger partial charge in [0.05, 0.1) is 11.3 Å². The number of anilines is 3. The van der Waals surface area contributed by atoms with Crippen molar-refractivity contribution in [1.82, 2.24) is 0 Å². The standard InChI is InChI=1S/C21H24FN3O2/c1-4-9-25(13-27-3)20-8-6-16(10-14(20)2)23-12-18-17-7-5-15(22)11-19(17)24-21(18)26/h5-8,10-12,23H,4,9,13H2,1-3H3,(H,24,26)/b18-12+. The van der Waals surface area contributed by atoms with Crippen molar-refractivity contribution in [2.75, 3.05) is 35.9 Å². The van der Waals surface area contributed by atoms with Gasteiger partial charge in [0.1, 0.15) is 12.5 Å². The van der Waals surface area contributed by atoms with E-state index in [-0.39, 0.29) is 11.7 Å². The Hall–Kier alpha value is -2.86. The van der Waals surface area contributed by atoms with Crippen LogP contribution in [0.4, 0.5) is 21.5 Å². The molecule has 1 heterocycles. The van der Waals surface area contributed by atoms with Crippen LogP contribution in [0.15, 0.2) is 42.6 Å². The Labute approximate surface area is 158 Å². The Bertz CT molecular complexity index is 874. The number of amides is 1. The zero-order valence-electron chi connectivity index (χ0n) is 15.8. The fourth-order valence-electron chi connectivity index (χ4n) is 3.25. The van der Waals surface area contributed by atoms with Gasteiger partial charge in [-0.05, 0) is 55.3 Å². The highest BCUT2D eigenvalue weighted by molar-refractivity contribution is 6.31. The fraction of sp³-hybridized carbons (Fsp3) is 0.286. The molecule has 1 aliphatic heterocycles. The third-order valence-corrected chi connectivity index (χ3v) is 4.46. The molecule has 0 radical (unpaired) electrons. The van der Waals surface area contributed by atoms with Gasteiger partial charge in [-0.25, -0.2) is 4.39 Å². The summed E-state index contributed by atoms with van der Waals surface area (Å²) in [6.45, 7) is 5.64. The van der Waals surface area contributed by atoms with Crippen molar-refractivity contribution in [3.05, 3.63) is 59.5 Å². The Morgan fingerprint density at radius 1 is 1.26 bits per heavy atom. The van der Waals surface area contributed by atoms with Crippen molar-refractivity contribution in [3.63, 3.8) is 0 Å². The van der Waals surface area contributed by atoms with E-state index >= 15 is 0 Å². The Balaban J connectivity index is 1.80. The number of fused-ring (bicyclic) bond motifs is 1. The lowest BCUT2D eigenvalue weighted by Crippen LogP contribution is -2.27. The van der Waals surface area contributed by atoms with Gasteiger partial charge in [-0.1, -0.05) is 6.92 Å². The smallest absolute Gasteiger partial charge is 0.257 e. The molecule has 0 aliphatic carbocycles. The molecular formula is C21H24FN3O2. The molecule has 3 rings (SSSR count). The molecule has 0 saturated carbocycles. The van der Waals surface area contributed by atoms with Gasteiger partial charge in [0, 0.05) is 36.8 Å². The molecule has 1 amide bonds. The number of halogens is 1. The molecule has 27 heavy (non-hydrogen) atoms. The van der Waals surface area contributed by atoms with E-state index in [9.17, 15) is 9.18 Å². The van der Waals surface area contributed by atoms with Crippen LogP contribution in [-0.2, 0) is 9.53 Å². The average Bonchev–Trinajstić information content (AvgIpc) is 2.94. The average molecular weight is 369 g/mol. The van der Waals surface area contributed by atoms with E-state index in [1.165, 1.54) is 12.1 Å². The first kappa shape index (κ1) is 18.9. The minimum Gasteiger partial charge on any atom is -0.364 e. The third-order valence-electron chi connectivity index (χ3n) is 4.46. The van der Waals surface area contributed by atoms with Crippen molar-refractivity contribution < 1.29 is 13.9 Å². The Morgan fingerprint density at radius 3 is 2.78 bits per heavy atom. The van der Waals surface area contributed by atoms with Crippen LogP contribution in [0, 0.1) is 12.7 Å². The first-order valence-corrected chi connectivity index (χ1v) is 8.96. The van der Waals surface area contributed by atoms with Crippen LogP contribution in [0.5, 0.6) is 0 Å². The largest absolute Gasteiger partial charge is 0.364 e. The molecule has 0 fully saturated rings. The molecule has 2 aromatic rings. The number of methoxy groups -OCH3 is 1. The van der Waals surface area contributed by atoms with Crippen molar-refractivity contribution in [2.24, 2.45) is 0 Å². The highest BCUT2D eigenvalue weighted by atomic mass is 19.1. The lowest BCUT2D eigenvalue weighted by atomic mass is 10.1.